The zero-order valence-corrected chi connectivity index (χ0v) is 36.0. The minimum absolute atomic E-state index is 0.186. The molecular formula is C48H80O10. The molecule has 0 amide bonds. The number of hydrogen-bond acceptors (Lipinski definition) is 10. The van der Waals surface area contributed by atoms with Crippen molar-refractivity contribution in [3.05, 3.63) is 72.9 Å². The molecule has 4 N–H and O–H groups in total. The Morgan fingerprint density at radius 2 is 1.02 bits per heavy atom. The smallest absolute Gasteiger partial charge is 0.306 e. The van der Waals surface area contributed by atoms with Gasteiger partial charge in [0.15, 0.2) is 12.4 Å². The van der Waals surface area contributed by atoms with Crippen LogP contribution in [0.1, 0.15) is 162 Å². The van der Waals surface area contributed by atoms with E-state index in [1.54, 1.807) is 0 Å². The van der Waals surface area contributed by atoms with E-state index in [0.717, 1.165) is 83.5 Å². The fourth-order valence-corrected chi connectivity index (χ4v) is 6.27. The summed E-state index contributed by atoms with van der Waals surface area (Å²) in [6, 6.07) is 0. The summed E-state index contributed by atoms with van der Waals surface area (Å²) in [5.41, 5.74) is 0. The molecule has 1 aliphatic rings. The number of aliphatic hydroxyl groups excluding tert-OH is 4. The van der Waals surface area contributed by atoms with Crippen LogP contribution in [-0.2, 0) is 28.5 Å². The van der Waals surface area contributed by atoms with Crippen molar-refractivity contribution in [3.63, 3.8) is 0 Å². The van der Waals surface area contributed by atoms with Crippen molar-refractivity contribution >= 4 is 11.9 Å². The van der Waals surface area contributed by atoms with Gasteiger partial charge >= 0.3 is 11.9 Å². The lowest BCUT2D eigenvalue weighted by molar-refractivity contribution is -0.305. The van der Waals surface area contributed by atoms with Gasteiger partial charge in [-0.1, -0.05) is 138 Å². The van der Waals surface area contributed by atoms with Crippen LogP contribution in [0.25, 0.3) is 0 Å². The molecule has 10 heteroatoms. The van der Waals surface area contributed by atoms with Crippen LogP contribution in [0.15, 0.2) is 72.9 Å². The van der Waals surface area contributed by atoms with Crippen LogP contribution in [0.3, 0.4) is 0 Å². The van der Waals surface area contributed by atoms with Crippen LogP contribution in [-0.4, -0.2) is 89.0 Å². The Hall–Kier alpha value is -2.86. The second-order valence-electron chi connectivity index (χ2n) is 15.1. The van der Waals surface area contributed by atoms with Crippen molar-refractivity contribution in [2.24, 2.45) is 0 Å². The molecule has 0 aromatic rings. The summed E-state index contributed by atoms with van der Waals surface area (Å²) in [5.74, 6) is -0.860. The third kappa shape index (κ3) is 29.4. The van der Waals surface area contributed by atoms with Gasteiger partial charge in [0, 0.05) is 12.8 Å². The Kier molecular flexibility index (Phi) is 35.1. The lowest BCUT2D eigenvalue weighted by Gasteiger charge is -2.39. The molecule has 6 unspecified atom stereocenters. The summed E-state index contributed by atoms with van der Waals surface area (Å²) in [4.78, 5) is 25.3. The van der Waals surface area contributed by atoms with Gasteiger partial charge in [-0.15, -0.1) is 0 Å². The molecule has 332 valence electrons. The lowest BCUT2D eigenvalue weighted by atomic mass is 9.99. The molecule has 0 saturated carbocycles. The monoisotopic (exact) mass is 817 g/mol. The van der Waals surface area contributed by atoms with Gasteiger partial charge in [0.05, 0.1) is 13.2 Å². The highest BCUT2D eigenvalue weighted by atomic mass is 16.7. The van der Waals surface area contributed by atoms with E-state index in [0.29, 0.717) is 12.8 Å². The molecule has 0 aliphatic carbocycles. The summed E-state index contributed by atoms with van der Waals surface area (Å²) >= 11 is 0. The van der Waals surface area contributed by atoms with Crippen molar-refractivity contribution in [1.29, 1.82) is 0 Å². The Labute approximate surface area is 351 Å². The second kappa shape index (κ2) is 38.3. The highest BCUT2D eigenvalue weighted by molar-refractivity contribution is 5.70. The summed E-state index contributed by atoms with van der Waals surface area (Å²) in [6.45, 7) is 3.24. The van der Waals surface area contributed by atoms with Gasteiger partial charge in [-0.25, -0.2) is 0 Å². The summed E-state index contributed by atoms with van der Waals surface area (Å²) in [7, 11) is 0. The van der Waals surface area contributed by atoms with E-state index >= 15 is 0 Å². The van der Waals surface area contributed by atoms with Gasteiger partial charge < -0.3 is 39.4 Å². The predicted molar refractivity (Wildman–Crippen MR) is 233 cm³/mol. The van der Waals surface area contributed by atoms with Crippen molar-refractivity contribution in [2.45, 2.75) is 198 Å². The molecular weight excluding hydrogens is 737 g/mol. The quantitative estimate of drug-likeness (QED) is 0.0273. The van der Waals surface area contributed by atoms with Crippen LogP contribution >= 0.6 is 0 Å². The van der Waals surface area contributed by atoms with Gasteiger partial charge in [0.25, 0.3) is 0 Å². The minimum Gasteiger partial charge on any atom is -0.462 e. The maximum Gasteiger partial charge on any atom is 0.306 e. The molecule has 1 saturated heterocycles. The third-order valence-corrected chi connectivity index (χ3v) is 9.83. The number of ether oxygens (including phenoxy) is 4. The average molecular weight is 817 g/mol. The first-order valence-electron chi connectivity index (χ1n) is 22.5. The van der Waals surface area contributed by atoms with Gasteiger partial charge in [-0.2, -0.15) is 0 Å². The number of esters is 2. The number of allylic oxidation sites excluding steroid dienone is 12. The number of hydrogen-bond donors (Lipinski definition) is 4. The van der Waals surface area contributed by atoms with Crippen LogP contribution < -0.4 is 0 Å². The number of rotatable bonds is 36. The molecule has 10 nitrogen and oxygen atoms in total. The molecule has 1 fully saturated rings. The van der Waals surface area contributed by atoms with E-state index in [1.165, 1.54) is 38.5 Å². The van der Waals surface area contributed by atoms with E-state index in [1.807, 2.05) is 0 Å². The Bertz CT molecular complexity index is 1170. The Balaban J connectivity index is 2.37. The zero-order chi connectivity index (χ0) is 42.3. The molecule has 0 bridgehead atoms. The molecule has 0 aromatic carbocycles. The number of carbonyl (C=O) groups excluding carboxylic acids is 2. The molecule has 58 heavy (non-hydrogen) atoms. The zero-order valence-electron chi connectivity index (χ0n) is 36.0. The third-order valence-electron chi connectivity index (χ3n) is 9.83. The van der Waals surface area contributed by atoms with E-state index in [-0.39, 0.29) is 26.1 Å². The highest BCUT2D eigenvalue weighted by Gasteiger charge is 2.44. The second-order valence-corrected chi connectivity index (χ2v) is 15.1. The average Bonchev–Trinajstić information content (AvgIpc) is 3.22. The Morgan fingerprint density at radius 1 is 0.552 bits per heavy atom. The molecule has 0 spiro atoms. The molecule has 1 rings (SSSR count). The topological polar surface area (TPSA) is 152 Å². The van der Waals surface area contributed by atoms with Crippen LogP contribution in [0.5, 0.6) is 0 Å². The van der Waals surface area contributed by atoms with E-state index < -0.39 is 55.4 Å². The van der Waals surface area contributed by atoms with Crippen LogP contribution in [0, 0.1) is 0 Å². The van der Waals surface area contributed by atoms with Gasteiger partial charge in [0.1, 0.15) is 31.0 Å². The van der Waals surface area contributed by atoms with Crippen molar-refractivity contribution in [3.8, 4) is 0 Å². The maximum atomic E-state index is 12.8. The predicted octanol–water partition coefficient (Wildman–Crippen LogP) is 9.61. The molecule has 1 heterocycles. The van der Waals surface area contributed by atoms with Crippen molar-refractivity contribution < 1.29 is 49.0 Å². The van der Waals surface area contributed by atoms with E-state index in [2.05, 4.69) is 86.8 Å². The Morgan fingerprint density at radius 3 is 1.57 bits per heavy atom. The first kappa shape index (κ1) is 53.2. The maximum absolute atomic E-state index is 12.8. The number of unbranched alkanes of at least 4 members (excludes halogenated alkanes) is 13. The van der Waals surface area contributed by atoms with E-state index in [4.69, 9.17) is 18.9 Å². The van der Waals surface area contributed by atoms with Crippen LogP contribution in [0.4, 0.5) is 0 Å². The van der Waals surface area contributed by atoms with Crippen LogP contribution in [0.2, 0.25) is 0 Å². The van der Waals surface area contributed by atoms with Crippen molar-refractivity contribution in [1.82, 2.24) is 0 Å². The largest absolute Gasteiger partial charge is 0.462 e. The number of carbonyl (C=O) groups is 2. The molecule has 0 radical (unpaired) electrons. The fraction of sp³-hybridized carbons (Fsp3) is 0.708. The first-order chi connectivity index (χ1) is 28.3. The summed E-state index contributed by atoms with van der Waals surface area (Å²) in [6.07, 6.45) is 40.5. The van der Waals surface area contributed by atoms with Gasteiger partial charge in [-0.3, -0.25) is 9.59 Å². The summed E-state index contributed by atoms with van der Waals surface area (Å²) < 4.78 is 22.1. The standard InChI is InChI=1S/C48H80O10/c1-3-5-7-9-11-13-15-17-19-20-21-22-23-25-27-29-31-33-35-37-44(51)57-41(40-56-48-47(54)46(53)45(52)42(38-49)58-48)39-55-43(50)36-34-32-30-28-26-24-18-16-14-12-10-8-6-4-2/h5,7,11,13,16-19,21-22,25,27,41-42,45-49,52-54H,3-4,6,8-10,12,14-15,20,23-24,26,28-40H2,1-2H3/b7-5-,13-11-,18-16-,19-17-,22-21-,27-25-. The molecule has 0 aromatic heterocycles. The lowest BCUT2D eigenvalue weighted by Crippen LogP contribution is -2.59. The molecule has 1 aliphatic heterocycles. The van der Waals surface area contributed by atoms with Crippen molar-refractivity contribution in [2.75, 3.05) is 19.8 Å². The summed E-state index contributed by atoms with van der Waals surface area (Å²) in [5, 5.41) is 40.1. The van der Waals surface area contributed by atoms with Gasteiger partial charge in [-0.05, 0) is 83.5 Å². The fourth-order valence-electron chi connectivity index (χ4n) is 6.27. The normalized spacial score (nSPS) is 20.8. The van der Waals surface area contributed by atoms with Gasteiger partial charge in [0.2, 0.25) is 0 Å². The minimum atomic E-state index is -1.61. The highest BCUT2D eigenvalue weighted by Crippen LogP contribution is 2.22. The number of aliphatic hydroxyl groups is 4. The SMILES string of the molecule is CC/C=C\C/C=C\C/C=C\C/C=C\C/C=C\CCCCCC(=O)OC(COC(=O)CCCCCCC/C=C\CCCCCCC)COC1OC(CO)C(O)C(O)C1O. The van der Waals surface area contributed by atoms with E-state index in [9.17, 15) is 30.0 Å². The molecule has 6 atom stereocenters. The first-order valence-corrected chi connectivity index (χ1v) is 22.5.